The first-order valence-electron chi connectivity index (χ1n) is 6.21. The van der Waals surface area contributed by atoms with Crippen LogP contribution in [0.1, 0.15) is 44.3 Å². The lowest BCUT2D eigenvalue weighted by Crippen LogP contribution is -2.07. The second-order valence-corrected chi connectivity index (χ2v) is 5.83. The molecule has 0 fully saturated rings. The molecule has 0 aliphatic rings. The van der Waals surface area contributed by atoms with Gasteiger partial charge in [-0.25, -0.2) is 0 Å². The molecule has 0 bridgehead atoms. The summed E-state index contributed by atoms with van der Waals surface area (Å²) < 4.78 is 8.11. The van der Waals surface area contributed by atoms with Crippen molar-refractivity contribution in [2.45, 2.75) is 38.7 Å². The third-order valence-corrected chi connectivity index (χ3v) is 4.23. The maximum absolute atomic E-state index is 5.97. The van der Waals surface area contributed by atoms with Gasteiger partial charge in [-0.1, -0.05) is 82.9 Å². The van der Waals surface area contributed by atoms with Gasteiger partial charge in [0.1, 0.15) is 0 Å². The molecule has 3 heteroatoms. The van der Waals surface area contributed by atoms with E-state index in [1.165, 1.54) is 31.2 Å². The normalized spacial score (nSPS) is 12.6. The standard InChI is InChI=1S/C14H20BrIO/c1-2-3-4-7-10-17-14(11-16)12-8-5-6-9-13(12)15/h5-6,8-9,14H,2-4,7,10-11H2,1H3. The van der Waals surface area contributed by atoms with Crippen LogP contribution in [0.2, 0.25) is 0 Å². The molecule has 1 aromatic carbocycles. The zero-order valence-electron chi connectivity index (χ0n) is 10.3. The quantitative estimate of drug-likeness (QED) is 0.311. The molecular weight excluding hydrogens is 391 g/mol. The van der Waals surface area contributed by atoms with E-state index < -0.39 is 0 Å². The van der Waals surface area contributed by atoms with Crippen molar-refractivity contribution in [1.29, 1.82) is 0 Å². The average Bonchev–Trinajstić information content (AvgIpc) is 2.35. The van der Waals surface area contributed by atoms with Crippen LogP contribution < -0.4 is 0 Å². The summed E-state index contributed by atoms with van der Waals surface area (Å²) in [5.41, 5.74) is 1.26. The van der Waals surface area contributed by atoms with E-state index in [1.54, 1.807) is 0 Å². The van der Waals surface area contributed by atoms with E-state index in [1.807, 2.05) is 6.07 Å². The predicted octanol–water partition coefficient (Wildman–Crippen LogP) is 5.52. The molecule has 1 nitrogen and oxygen atoms in total. The maximum atomic E-state index is 5.97. The molecule has 17 heavy (non-hydrogen) atoms. The van der Waals surface area contributed by atoms with Crippen LogP contribution in [0.25, 0.3) is 0 Å². The summed E-state index contributed by atoms with van der Waals surface area (Å²) in [6, 6.07) is 8.33. The molecule has 0 heterocycles. The van der Waals surface area contributed by atoms with Gasteiger partial charge in [-0.2, -0.15) is 0 Å². The summed E-state index contributed by atoms with van der Waals surface area (Å²) in [5.74, 6) is 0. The number of ether oxygens (including phenoxy) is 1. The summed E-state index contributed by atoms with van der Waals surface area (Å²) in [6.45, 7) is 3.10. The minimum Gasteiger partial charge on any atom is -0.373 e. The molecule has 0 aromatic heterocycles. The van der Waals surface area contributed by atoms with Crippen LogP contribution in [0.5, 0.6) is 0 Å². The van der Waals surface area contributed by atoms with Gasteiger partial charge in [-0.3, -0.25) is 0 Å². The zero-order chi connectivity index (χ0) is 12.5. The number of hydrogen-bond donors (Lipinski definition) is 0. The van der Waals surface area contributed by atoms with E-state index in [2.05, 4.69) is 63.6 Å². The van der Waals surface area contributed by atoms with E-state index >= 15 is 0 Å². The SMILES string of the molecule is CCCCCCOC(CI)c1ccccc1Br. The third kappa shape index (κ3) is 5.71. The Morgan fingerprint density at radius 2 is 2.00 bits per heavy atom. The first kappa shape index (κ1) is 15.4. The molecule has 0 aliphatic heterocycles. The molecule has 0 spiro atoms. The lowest BCUT2D eigenvalue weighted by atomic mass is 10.1. The smallest absolute Gasteiger partial charge is 0.0925 e. The molecule has 1 rings (SSSR count). The molecule has 96 valence electrons. The van der Waals surface area contributed by atoms with Crippen LogP contribution in [0.3, 0.4) is 0 Å². The van der Waals surface area contributed by atoms with Gasteiger partial charge in [-0.05, 0) is 18.1 Å². The highest BCUT2D eigenvalue weighted by Gasteiger charge is 2.12. The molecule has 1 aromatic rings. The predicted molar refractivity (Wildman–Crippen MR) is 85.9 cm³/mol. The summed E-state index contributed by atoms with van der Waals surface area (Å²) >= 11 is 5.98. The molecule has 1 unspecified atom stereocenters. The number of benzene rings is 1. The highest BCUT2D eigenvalue weighted by molar-refractivity contribution is 14.1. The number of hydrogen-bond acceptors (Lipinski definition) is 1. The first-order valence-corrected chi connectivity index (χ1v) is 8.53. The van der Waals surface area contributed by atoms with Gasteiger partial charge in [-0.15, -0.1) is 0 Å². The van der Waals surface area contributed by atoms with Crippen LogP contribution in [0, 0.1) is 0 Å². The van der Waals surface area contributed by atoms with Gasteiger partial charge in [0, 0.05) is 15.5 Å². The Morgan fingerprint density at radius 3 is 2.65 bits per heavy atom. The van der Waals surface area contributed by atoms with Crippen molar-refractivity contribution in [3.63, 3.8) is 0 Å². The third-order valence-electron chi connectivity index (χ3n) is 2.71. The fourth-order valence-corrected chi connectivity index (χ4v) is 2.98. The first-order chi connectivity index (χ1) is 8.29. The van der Waals surface area contributed by atoms with Crippen LogP contribution in [-0.4, -0.2) is 11.0 Å². The Kier molecular flexibility index (Phi) is 8.48. The Hall–Kier alpha value is 0.390. The zero-order valence-corrected chi connectivity index (χ0v) is 14.0. The number of halogens is 2. The molecule has 0 amide bonds. The van der Waals surface area contributed by atoms with Gasteiger partial charge in [0.25, 0.3) is 0 Å². The van der Waals surface area contributed by atoms with Gasteiger partial charge in [0.05, 0.1) is 6.10 Å². The molecule has 0 aliphatic carbocycles. The Balaban J connectivity index is 2.41. The monoisotopic (exact) mass is 410 g/mol. The molecule has 0 saturated carbocycles. The second kappa shape index (κ2) is 9.34. The van der Waals surface area contributed by atoms with Crippen LogP contribution in [0.4, 0.5) is 0 Å². The average molecular weight is 411 g/mol. The maximum Gasteiger partial charge on any atom is 0.0925 e. The van der Waals surface area contributed by atoms with Crippen molar-refractivity contribution in [2.24, 2.45) is 0 Å². The Labute approximate surface area is 127 Å². The number of unbranched alkanes of at least 4 members (excludes halogenated alkanes) is 3. The largest absolute Gasteiger partial charge is 0.373 e. The van der Waals surface area contributed by atoms with E-state index in [9.17, 15) is 0 Å². The van der Waals surface area contributed by atoms with Crippen molar-refractivity contribution in [2.75, 3.05) is 11.0 Å². The van der Waals surface area contributed by atoms with E-state index in [0.29, 0.717) is 0 Å². The molecular formula is C14H20BrIO. The second-order valence-electron chi connectivity index (χ2n) is 4.10. The topological polar surface area (TPSA) is 9.23 Å². The highest BCUT2D eigenvalue weighted by Crippen LogP contribution is 2.27. The lowest BCUT2D eigenvalue weighted by molar-refractivity contribution is 0.0675. The Morgan fingerprint density at radius 1 is 1.24 bits per heavy atom. The molecule has 1 atom stereocenters. The summed E-state index contributed by atoms with van der Waals surface area (Å²) in [4.78, 5) is 0. The van der Waals surface area contributed by atoms with Crippen molar-refractivity contribution in [1.82, 2.24) is 0 Å². The number of rotatable bonds is 8. The lowest BCUT2D eigenvalue weighted by Gasteiger charge is -2.17. The van der Waals surface area contributed by atoms with Crippen molar-refractivity contribution in [3.05, 3.63) is 34.3 Å². The van der Waals surface area contributed by atoms with Gasteiger partial charge >= 0.3 is 0 Å². The summed E-state index contributed by atoms with van der Waals surface area (Å²) in [7, 11) is 0. The molecule has 0 N–H and O–H groups in total. The van der Waals surface area contributed by atoms with Crippen molar-refractivity contribution >= 4 is 38.5 Å². The van der Waals surface area contributed by atoms with E-state index in [4.69, 9.17) is 4.74 Å². The fourth-order valence-electron chi connectivity index (χ4n) is 1.71. The minimum absolute atomic E-state index is 0.216. The van der Waals surface area contributed by atoms with Crippen LogP contribution in [0.15, 0.2) is 28.7 Å². The van der Waals surface area contributed by atoms with Crippen molar-refractivity contribution in [3.8, 4) is 0 Å². The fraction of sp³-hybridized carbons (Fsp3) is 0.571. The highest BCUT2D eigenvalue weighted by atomic mass is 127. The summed E-state index contributed by atoms with van der Waals surface area (Å²) in [6.07, 6.45) is 5.26. The number of alkyl halides is 1. The van der Waals surface area contributed by atoms with Gasteiger partial charge in [0.2, 0.25) is 0 Å². The molecule has 0 saturated heterocycles. The molecule has 0 radical (unpaired) electrons. The Bertz CT molecular complexity index is 317. The summed E-state index contributed by atoms with van der Waals surface area (Å²) in [5, 5.41) is 0. The minimum atomic E-state index is 0.216. The van der Waals surface area contributed by atoms with Gasteiger partial charge < -0.3 is 4.74 Å². The van der Waals surface area contributed by atoms with E-state index in [0.717, 1.165) is 15.5 Å². The van der Waals surface area contributed by atoms with E-state index in [-0.39, 0.29) is 6.10 Å². The van der Waals surface area contributed by atoms with Gasteiger partial charge in [0.15, 0.2) is 0 Å². The van der Waals surface area contributed by atoms with Crippen molar-refractivity contribution < 1.29 is 4.74 Å². The van der Waals surface area contributed by atoms with Crippen LogP contribution in [-0.2, 0) is 4.74 Å². The van der Waals surface area contributed by atoms with Crippen LogP contribution >= 0.6 is 38.5 Å².